The van der Waals surface area contributed by atoms with Crippen molar-refractivity contribution in [2.24, 2.45) is 0 Å². The molecule has 3 heterocycles. The monoisotopic (exact) mass is 381 g/mol. The summed E-state index contributed by atoms with van der Waals surface area (Å²) >= 11 is 7.66. The highest BCUT2D eigenvalue weighted by Crippen LogP contribution is 2.34. The molecule has 4 aromatic rings. The molecule has 130 valence electrons. The Morgan fingerprint density at radius 1 is 0.923 bits per heavy atom. The average molecular weight is 382 g/mol. The van der Waals surface area contributed by atoms with Gasteiger partial charge in [-0.3, -0.25) is 0 Å². The molecule has 0 radical (unpaired) electrons. The molecule has 1 N–H and O–H groups in total. The van der Waals surface area contributed by atoms with Crippen molar-refractivity contribution in [3.8, 4) is 0 Å². The number of fused-ring (bicyclic) bond motifs is 2. The summed E-state index contributed by atoms with van der Waals surface area (Å²) in [6.45, 7) is 2.02. The van der Waals surface area contributed by atoms with E-state index in [1.807, 2.05) is 42.5 Å². The summed E-state index contributed by atoms with van der Waals surface area (Å²) in [7, 11) is 0. The zero-order valence-electron chi connectivity index (χ0n) is 13.9. The first-order chi connectivity index (χ1) is 12.8. The Kier molecular flexibility index (Phi) is 3.87. The van der Waals surface area contributed by atoms with Crippen molar-refractivity contribution in [1.29, 1.82) is 0 Å². The standard InChI is InChI=1S/C19H16ClN5S/c20-12-7-8-15-16(11-12)26-19(23-15)24-17-18(25-9-3-4-10-25)22-14-6-2-1-5-13(14)21-17/h1-2,5-8,11H,3-4,9-10H2,(H,21,23,24). The van der Waals surface area contributed by atoms with Crippen molar-refractivity contribution in [3.63, 3.8) is 0 Å². The minimum atomic E-state index is 0.718. The molecule has 0 atom stereocenters. The highest BCUT2D eigenvalue weighted by molar-refractivity contribution is 7.22. The maximum atomic E-state index is 6.09. The zero-order valence-corrected chi connectivity index (χ0v) is 15.5. The largest absolute Gasteiger partial charge is 0.354 e. The minimum Gasteiger partial charge on any atom is -0.354 e. The van der Waals surface area contributed by atoms with Crippen LogP contribution in [0, 0.1) is 0 Å². The first kappa shape index (κ1) is 15.8. The summed E-state index contributed by atoms with van der Waals surface area (Å²) in [4.78, 5) is 16.7. The van der Waals surface area contributed by atoms with Gasteiger partial charge in [0.1, 0.15) is 0 Å². The second-order valence-corrected chi connectivity index (χ2v) is 7.80. The number of hydrogen-bond donors (Lipinski definition) is 1. The number of para-hydroxylation sites is 2. The Labute approximate surface area is 159 Å². The summed E-state index contributed by atoms with van der Waals surface area (Å²) in [6.07, 6.45) is 2.38. The Hall–Kier alpha value is -2.44. The second-order valence-electron chi connectivity index (χ2n) is 6.33. The van der Waals surface area contributed by atoms with E-state index in [0.717, 1.165) is 56.1 Å². The lowest BCUT2D eigenvalue weighted by Gasteiger charge is -2.19. The molecule has 2 aromatic heterocycles. The van der Waals surface area contributed by atoms with Crippen molar-refractivity contribution in [3.05, 3.63) is 47.5 Å². The lowest BCUT2D eigenvalue weighted by atomic mass is 10.3. The summed E-state index contributed by atoms with van der Waals surface area (Å²) in [5, 5.41) is 4.92. The fraction of sp³-hybridized carbons (Fsp3) is 0.211. The quantitative estimate of drug-likeness (QED) is 0.526. The lowest BCUT2D eigenvalue weighted by Crippen LogP contribution is -2.21. The molecular formula is C19H16ClN5S. The molecule has 0 aliphatic carbocycles. The van der Waals surface area contributed by atoms with Crippen LogP contribution in [0.25, 0.3) is 21.3 Å². The first-order valence-electron chi connectivity index (χ1n) is 8.61. The number of rotatable bonds is 3. The van der Waals surface area contributed by atoms with Crippen LogP contribution in [0.4, 0.5) is 16.8 Å². The van der Waals surface area contributed by atoms with Gasteiger partial charge in [0.25, 0.3) is 0 Å². The molecule has 0 unspecified atom stereocenters. The van der Waals surface area contributed by atoms with E-state index in [9.17, 15) is 0 Å². The van der Waals surface area contributed by atoms with Gasteiger partial charge in [-0.2, -0.15) is 0 Å². The third-order valence-electron chi connectivity index (χ3n) is 4.53. The topological polar surface area (TPSA) is 53.9 Å². The molecule has 7 heteroatoms. The third-order valence-corrected chi connectivity index (χ3v) is 5.70. The van der Waals surface area contributed by atoms with Gasteiger partial charge in [0, 0.05) is 18.1 Å². The first-order valence-corrected chi connectivity index (χ1v) is 9.80. The SMILES string of the molecule is Clc1ccc2nc(Nc3nc4ccccc4nc3N3CCCC3)sc2c1. The molecule has 0 saturated carbocycles. The number of benzene rings is 2. The summed E-state index contributed by atoms with van der Waals surface area (Å²) < 4.78 is 1.05. The molecule has 5 nitrogen and oxygen atoms in total. The molecule has 2 aromatic carbocycles. The van der Waals surface area contributed by atoms with E-state index in [-0.39, 0.29) is 0 Å². The number of hydrogen-bond acceptors (Lipinski definition) is 6. The highest BCUT2D eigenvalue weighted by atomic mass is 35.5. The smallest absolute Gasteiger partial charge is 0.189 e. The average Bonchev–Trinajstić information content (AvgIpc) is 3.30. The second kappa shape index (κ2) is 6.37. The number of anilines is 3. The van der Waals surface area contributed by atoms with Gasteiger partial charge in [0.15, 0.2) is 16.8 Å². The molecule has 1 fully saturated rings. The van der Waals surface area contributed by atoms with E-state index >= 15 is 0 Å². The highest BCUT2D eigenvalue weighted by Gasteiger charge is 2.20. The maximum absolute atomic E-state index is 6.09. The Morgan fingerprint density at radius 3 is 2.50 bits per heavy atom. The van der Waals surface area contributed by atoms with Gasteiger partial charge < -0.3 is 10.2 Å². The van der Waals surface area contributed by atoms with E-state index in [2.05, 4.69) is 15.2 Å². The normalized spacial score (nSPS) is 14.4. The van der Waals surface area contributed by atoms with E-state index in [1.54, 1.807) is 11.3 Å². The minimum absolute atomic E-state index is 0.718. The van der Waals surface area contributed by atoms with E-state index < -0.39 is 0 Å². The van der Waals surface area contributed by atoms with E-state index in [4.69, 9.17) is 21.6 Å². The number of aromatic nitrogens is 3. The van der Waals surface area contributed by atoms with Crippen LogP contribution >= 0.6 is 22.9 Å². The van der Waals surface area contributed by atoms with Crippen molar-refractivity contribution >= 4 is 61.0 Å². The van der Waals surface area contributed by atoms with Gasteiger partial charge in [-0.05, 0) is 43.2 Å². The van der Waals surface area contributed by atoms with Crippen molar-refractivity contribution in [1.82, 2.24) is 15.0 Å². The van der Waals surface area contributed by atoms with Crippen LogP contribution < -0.4 is 10.2 Å². The van der Waals surface area contributed by atoms with Gasteiger partial charge in [-0.25, -0.2) is 15.0 Å². The van der Waals surface area contributed by atoms with Gasteiger partial charge in [0.2, 0.25) is 0 Å². The third kappa shape index (κ3) is 2.85. The molecule has 1 aliphatic heterocycles. The van der Waals surface area contributed by atoms with Crippen molar-refractivity contribution in [2.75, 3.05) is 23.3 Å². The van der Waals surface area contributed by atoms with Gasteiger partial charge >= 0.3 is 0 Å². The zero-order chi connectivity index (χ0) is 17.5. The number of thiazole rings is 1. The summed E-state index contributed by atoms with van der Waals surface area (Å²) in [5.41, 5.74) is 2.72. The molecule has 1 saturated heterocycles. The summed E-state index contributed by atoms with van der Waals surface area (Å²) in [6, 6.07) is 13.7. The molecule has 0 bridgehead atoms. The Bertz CT molecular complexity index is 1100. The van der Waals surface area contributed by atoms with Crippen LogP contribution in [0.2, 0.25) is 5.02 Å². The molecule has 1 aliphatic rings. The fourth-order valence-electron chi connectivity index (χ4n) is 3.28. The van der Waals surface area contributed by atoms with Crippen LogP contribution in [0.1, 0.15) is 12.8 Å². The van der Waals surface area contributed by atoms with Crippen LogP contribution in [-0.4, -0.2) is 28.0 Å². The number of nitrogens with zero attached hydrogens (tertiary/aromatic N) is 4. The van der Waals surface area contributed by atoms with Gasteiger partial charge in [-0.1, -0.05) is 35.1 Å². The number of nitrogens with one attached hydrogen (secondary N) is 1. The molecule has 0 amide bonds. The molecular weight excluding hydrogens is 366 g/mol. The maximum Gasteiger partial charge on any atom is 0.189 e. The Morgan fingerprint density at radius 2 is 1.69 bits per heavy atom. The lowest BCUT2D eigenvalue weighted by molar-refractivity contribution is 0.939. The van der Waals surface area contributed by atoms with Crippen LogP contribution in [0.3, 0.4) is 0 Å². The van der Waals surface area contributed by atoms with Crippen LogP contribution in [0.15, 0.2) is 42.5 Å². The van der Waals surface area contributed by atoms with Crippen molar-refractivity contribution in [2.45, 2.75) is 12.8 Å². The van der Waals surface area contributed by atoms with Crippen LogP contribution in [-0.2, 0) is 0 Å². The molecule has 26 heavy (non-hydrogen) atoms. The molecule has 5 rings (SSSR count). The van der Waals surface area contributed by atoms with E-state index in [0.29, 0.717) is 0 Å². The van der Waals surface area contributed by atoms with Gasteiger partial charge in [-0.15, -0.1) is 0 Å². The summed E-state index contributed by atoms with van der Waals surface area (Å²) in [5.74, 6) is 1.66. The predicted octanol–water partition coefficient (Wildman–Crippen LogP) is 5.24. The van der Waals surface area contributed by atoms with Gasteiger partial charge in [0.05, 0.1) is 21.3 Å². The van der Waals surface area contributed by atoms with E-state index in [1.165, 1.54) is 12.8 Å². The predicted molar refractivity (Wildman–Crippen MR) is 109 cm³/mol. The van der Waals surface area contributed by atoms with Crippen molar-refractivity contribution < 1.29 is 0 Å². The molecule has 0 spiro atoms. The number of halogens is 1. The fourth-order valence-corrected chi connectivity index (χ4v) is 4.42. The Balaban J connectivity index is 1.60. The van der Waals surface area contributed by atoms with Crippen LogP contribution in [0.5, 0.6) is 0 Å².